The number of carbonyl (C=O) groups excluding carboxylic acids is 1. The predicted octanol–water partition coefficient (Wildman–Crippen LogP) is 7.70. The molecule has 2 aromatic carbocycles. The molecule has 0 bridgehead atoms. The first-order valence-electron chi connectivity index (χ1n) is 14.4. The lowest BCUT2D eigenvalue weighted by Gasteiger charge is -2.28. The van der Waals surface area contributed by atoms with E-state index in [1.165, 1.54) is 44.9 Å². The number of nitrogens with zero attached hydrogens (tertiary/aromatic N) is 1. The minimum Gasteiger partial charge on any atom is -0.368 e. The maximum atomic E-state index is 13.7. The Morgan fingerprint density at radius 3 is 1.81 bits per heavy atom. The monoisotopic (exact) mass is 493 g/mol. The van der Waals surface area contributed by atoms with E-state index < -0.39 is 6.10 Å². The van der Waals surface area contributed by atoms with Crippen LogP contribution in [0, 0.1) is 0 Å². The van der Waals surface area contributed by atoms with Crippen LogP contribution in [0.4, 0.5) is 0 Å². The van der Waals surface area contributed by atoms with E-state index in [1.54, 1.807) is 0 Å². The molecule has 1 amide bonds. The molecule has 1 aliphatic heterocycles. The Balaban J connectivity index is 1.72. The van der Waals surface area contributed by atoms with Crippen molar-refractivity contribution in [3.63, 3.8) is 0 Å². The smallest absolute Gasteiger partial charge is 0.254 e. The molecule has 1 saturated heterocycles. The molecule has 3 rings (SSSR count). The van der Waals surface area contributed by atoms with Crippen molar-refractivity contribution in [3.05, 3.63) is 71.8 Å². The molecule has 0 aliphatic carbocycles. The topological polar surface area (TPSA) is 38.8 Å². The van der Waals surface area contributed by atoms with Gasteiger partial charge in [0.05, 0.1) is 19.3 Å². The maximum Gasteiger partial charge on any atom is 0.254 e. The van der Waals surface area contributed by atoms with Crippen molar-refractivity contribution in [3.8, 4) is 0 Å². The molecular formula is C32H47NO3. The van der Waals surface area contributed by atoms with E-state index >= 15 is 0 Å². The first-order valence-corrected chi connectivity index (χ1v) is 14.4. The van der Waals surface area contributed by atoms with Gasteiger partial charge in [-0.15, -0.1) is 0 Å². The second-order valence-electron chi connectivity index (χ2n) is 10.2. The first kappa shape index (κ1) is 28.4. The Labute approximate surface area is 219 Å². The largest absolute Gasteiger partial charge is 0.368 e. The summed E-state index contributed by atoms with van der Waals surface area (Å²) in [6.45, 7) is 6.21. The van der Waals surface area contributed by atoms with Crippen LogP contribution < -0.4 is 0 Å². The fourth-order valence-corrected chi connectivity index (χ4v) is 5.18. The summed E-state index contributed by atoms with van der Waals surface area (Å²) in [4.78, 5) is 15.8. The van der Waals surface area contributed by atoms with E-state index in [0.717, 1.165) is 43.4 Å². The summed E-state index contributed by atoms with van der Waals surface area (Å²) in [6, 6.07) is 20.5. The summed E-state index contributed by atoms with van der Waals surface area (Å²) in [6.07, 6.45) is 12.3. The number of hydrogen-bond acceptors (Lipinski definition) is 3. The third kappa shape index (κ3) is 9.05. The van der Waals surface area contributed by atoms with E-state index in [0.29, 0.717) is 13.2 Å². The number of unbranched alkanes of at least 4 members (excludes halogenated alkanes) is 8. The lowest BCUT2D eigenvalue weighted by atomic mass is 10.0. The van der Waals surface area contributed by atoms with Gasteiger partial charge in [0.2, 0.25) is 0 Å². The van der Waals surface area contributed by atoms with Gasteiger partial charge in [-0.3, -0.25) is 4.79 Å². The number of hydrogen-bond donors (Lipinski definition) is 0. The lowest BCUT2D eigenvalue weighted by Crippen LogP contribution is -2.39. The lowest BCUT2D eigenvalue weighted by molar-refractivity contribution is -0.142. The van der Waals surface area contributed by atoms with Crippen LogP contribution in [-0.2, 0) is 27.5 Å². The van der Waals surface area contributed by atoms with E-state index in [9.17, 15) is 4.79 Å². The van der Waals surface area contributed by atoms with Crippen LogP contribution in [0.15, 0.2) is 60.7 Å². The van der Waals surface area contributed by atoms with Crippen LogP contribution in [0.3, 0.4) is 0 Å². The number of likely N-dealkylation sites (tertiary alicyclic amines) is 1. The fraction of sp³-hybridized carbons (Fsp3) is 0.594. The Morgan fingerprint density at radius 2 is 1.19 bits per heavy atom. The van der Waals surface area contributed by atoms with Gasteiger partial charge < -0.3 is 14.4 Å². The van der Waals surface area contributed by atoms with Crippen molar-refractivity contribution < 1.29 is 14.3 Å². The van der Waals surface area contributed by atoms with Crippen molar-refractivity contribution in [1.29, 1.82) is 0 Å². The van der Waals surface area contributed by atoms with Crippen LogP contribution >= 0.6 is 0 Å². The molecule has 4 heteroatoms. The molecule has 0 unspecified atom stereocenters. The average molecular weight is 494 g/mol. The van der Waals surface area contributed by atoms with Gasteiger partial charge >= 0.3 is 0 Å². The van der Waals surface area contributed by atoms with Gasteiger partial charge in [-0.05, 0) is 24.0 Å². The van der Waals surface area contributed by atoms with Gasteiger partial charge in [0.25, 0.3) is 5.91 Å². The molecule has 1 fully saturated rings. The fourth-order valence-electron chi connectivity index (χ4n) is 5.18. The Bertz CT molecular complexity index is 841. The second-order valence-corrected chi connectivity index (χ2v) is 10.2. The molecule has 3 atom stereocenters. The van der Waals surface area contributed by atoms with E-state index in [2.05, 4.69) is 43.0 Å². The highest BCUT2D eigenvalue weighted by Crippen LogP contribution is 2.31. The Morgan fingerprint density at radius 1 is 0.667 bits per heavy atom. The molecule has 0 radical (unpaired) electrons. The number of rotatable bonds is 18. The minimum absolute atomic E-state index is 0.0785. The quantitative estimate of drug-likeness (QED) is 0.200. The van der Waals surface area contributed by atoms with Gasteiger partial charge in [-0.2, -0.15) is 0 Å². The van der Waals surface area contributed by atoms with Gasteiger partial charge in [0, 0.05) is 6.54 Å². The SMILES string of the molecule is CCCCCCCC[C@H]1[C@@H](OCc2ccccc2)[C@H](OCc2ccccc2)C(=O)N1CCCCCC. The summed E-state index contributed by atoms with van der Waals surface area (Å²) >= 11 is 0. The van der Waals surface area contributed by atoms with Crippen molar-refractivity contribution in [2.24, 2.45) is 0 Å². The Kier molecular flexibility index (Phi) is 13.1. The molecular weight excluding hydrogens is 446 g/mol. The highest BCUT2D eigenvalue weighted by molar-refractivity contribution is 5.84. The van der Waals surface area contributed by atoms with Gasteiger partial charge in [-0.1, -0.05) is 132 Å². The third-order valence-electron chi connectivity index (χ3n) is 7.27. The molecule has 0 saturated carbocycles. The summed E-state index contributed by atoms with van der Waals surface area (Å²) in [5, 5.41) is 0. The van der Waals surface area contributed by atoms with Gasteiger partial charge in [-0.25, -0.2) is 0 Å². The number of ether oxygens (including phenoxy) is 2. The molecule has 0 N–H and O–H groups in total. The van der Waals surface area contributed by atoms with Crippen molar-refractivity contribution in [1.82, 2.24) is 4.90 Å². The van der Waals surface area contributed by atoms with Crippen LogP contribution in [0.1, 0.15) is 95.6 Å². The molecule has 4 nitrogen and oxygen atoms in total. The molecule has 36 heavy (non-hydrogen) atoms. The highest BCUT2D eigenvalue weighted by Gasteiger charge is 2.49. The zero-order valence-electron chi connectivity index (χ0n) is 22.6. The standard InChI is InChI=1S/C32H47NO3/c1-3-5-7-9-10-17-23-29-30(35-25-27-19-13-11-14-20-27)31(36-26-28-21-15-12-16-22-28)32(34)33(29)24-18-8-6-4-2/h11-16,19-22,29-31H,3-10,17-18,23-26H2,1-2H3/t29-,30+,31-/m0/s1. The van der Waals surface area contributed by atoms with Gasteiger partial charge in [0.15, 0.2) is 6.10 Å². The zero-order valence-corrected chi connectivity index (χ0v) is 22.6. The summed E-state index contributed by atoms with van der Waals surface area (Å²) in [5.74, 6) is 0.108. The van der Waals surface area contributed by atoms with Crippen LogP contribution in [0.25, 0.3) is 0 Å². The van der Waals surface area contributed by atoms with Crippen molar-refractivity contribution in [2.75, 3.05) is 6.54 Å². The Hall–Kier alpha value is -2.17. The molecule has 0 aromatic heterocycles. The van der Waals surface area contributed by atoms with E-state index in [-0.39, 0.29) is 18.1 Å². The van der Waals surface area contributed by atoms with E-state index in [1.807, 2.05) is 36.4 Å². The third-order valence-corrected chi connectivity index (χ3v) is 7.27. The van der Waals surface area contributed by atoms with Crippen LogP contribution in [-0.4, -0.2) is 35.6 Å². The number of carbonyl (C=O) groups is 1. The summed E-state index contributed by atoms with van der Waals surface area (Å²) in [5.41, 5.74) is 2.22. The van der Waals surface area contributed by atoms with Crippen LogP contribution in [0.5, 0.6) is 0 Å². The number of amides is 1. The van der Waals surface area contributed by atoms with Crippen molar-refractivity contribution >= 4 is 5.91 Å². The molecule has 0 spiro atoms. The van der Waals surface area contributed by atoms with Crippen molar-refractivity contribution in [2.45, 2.75) is 116 Å². The molecule has 1 aliphatic rings. The molecule has 1 heterocycles. The normalized spacial score (nSPS) is 19.8. The zero-order chi connectivity index (χ0) is 25.4. The molecule has 198 valence electrons. The second kappa shape index (κ2) is 16.6. The number of benzene rings is 2. The summed E-state index contributed by atoms with van der Waals surface area (Å²) < 4.78 is 12.9. The van der Waals surface area contributed by atoms with E-state index in [4.69, 9.17) is 9.47 Å². The highest BCUT2D eigenvalue weighted by atomic mass is 16.5. The average Bonchev–Trinajstić information content (AvgIpc) is 3.16. The summed E-state index contributed by atoms with van der Waals surface area (Å²) in [7, 11) is 0. The minimum atomic E-state index is -0.551. The maximum absolute atomic E-state index is 13.7. The predicted molar refractivity (Wildman–Crippen MR) is 148 cm³/mol. The molecule has 2 aromatic rings. The first-order chi connectivity index (χ1) is 17.7. The van der Waals surface area contributed by atoms with Crippen LogP contribution in [0.2, 0.25) is 0 Å². The van der Waals surface area contributed by atoms with Gasteiger partial charge in [0.1, 0.15) is 6.10 Å².